The lowest BCUT2D eigenvalue weighted by Gasteiger charge is -2.34. The van der Waals surface area contributed by atoms with Crippen LogP contribution in [0.5, 0.6) is 5.75 Å². The van der Waals surface area contributed by atoms with Gasteiger partial charge in [-0.15, -0.1) is 0 Å². The Morgan fingerprint density at radius 3 is 2.12 bits per heavy atom. The maximum absolute atomic E-state index is 12.8. The van der Waals surface area contributed by atoms with Crippen molar-refractivity contribution in [2.75, 3.05) is 34.2 Å². The number of ether oxygens (including phenoxy) is 2. The Bertz CT molecular complexity index is 1730. The van der Waals surface area contributed by atoms with Gasteiger partial charge in [-0.25, -0.2) is 4.98 Å². The molecule has 0 aliphatic rings. The molecule has 3 aromatic carbocycles. The topological polar surface area (TPSA) is 75.3 Å². The molecule has 0 N–H and O–H groups in total. The van der Waals surface area contributed by atoms with Crippen LogP contribution in [0.25, 0.3) is 22.0 Å². The molecule has 40 heavy (non-hydrogen) atoms. The minimum atomic E-state index is -1.64. The quantitative estimate of drug-likeness (QED) is 0.235. The lowest BCUT2D eigenvalue weighted by atomic mass is 9.82. The predicted octanol–water partition coefficient (Wildman–Crippen LogP) is 6.12. The van der Waals surface area contributed by atoms with Gasteiger partial charge < -0.3 is 23.2 Å². The van der Waals surface area contributed by atoms with E-state index < -0.39 is 12.7 Å². The average Bonchev–Trinajstić information content (AvgIpc) is 3.37. The van der Waals surface area contributed by atoms with Gasteiger partial charge in [0, 0.05) is 32.7 Å². The van der Waals surface area contributed by atoms with Crippen LogP contribution in [-0.2, 0) is 29.0 Å². The number of hydrogen-bond acceptors (Lipinski definition) is 5. The summed E-state index contributed by atoms with van der Waals surface area (Å²) >= 11 is 0. The van der Waals surface area contributed by atoms with Gasteiger partial charge in [-0.05, 0) is 66.5 Å². The van der Waals surface area contributed by atoms with Crippen LogP contribution < -0.4 is 10.3 Å². The summed E-state index contributed by atoms with van der Waals surface area (Å²) in [5.41, 5.74) is 4.40. The predicted molar refractivity (Wildman–Crippen MR) is 163 cm³/mol. The van der Waals surface area contributed by atoms with Gasteiger partial charge in [0.05, 0.1) is 38.0 Å². The summed E-state index contributed by atoms with van der Waals surface area (Å²) in [5.74, 6) is 0.735. The molecule has 7 nitrogen and oxygen atoms in total. The Balaban J connectivity index is 0.000000681. The van der Waals surface area contributed by atoms with Crippen molar-refractivity contribution in [2.24, 2.45) is 14.1 Å². The van der Waals surface area contributed by atoms with E-state index in [2.05, 4.69) is 11.1 Å². The fourth-order valence-electron chi connectivity index (χ4n) is 4.88. The number of aromatic nitrogens is 3. The van der Waals surface area contributed by atoms with Gasteiger partial charge in [-0.2, -0.15) is 0 Å². The average molecular weight is 558 g/mol. The van der Waals surface area contributed by atoms with Crippen molar-refractivity contribution < 1.29 is 14.0 Å². The van der Waals surface area contributed by atoms with Gasteiger partial charge in [-0.3, -0.25) is 4.79 Å². The van der Waals surface area contributed by atoms with Crippen LogP contribution in [-0.4, -0.2) is 48.3 Å². The van der Waals surface area contributed by atoms with Crippen LogP contribution in [0.15, 0.2) is 96.2 Å². The number of benzene rings is 3. The standard InChI is InChI=1S/C29H27N3O3.C3H9OP/c1-31-19-30-18-27(31)29(35-4,21-11-8-12-23(15-21)34-3)22-13-14-26-25(16-22)24(17-28(33)32(26)2)20-9-6-5-7-10-20;1-5(2,3)4/h5-19H,1-4H3;1-3H3. The zero-order valence-electron chi connectivity index (χ0n) is 24.1. The summed E-state index contributed by atoms with van der Waals surface area (Å²) in [6, 6.07) is 25.7. The molecule has 1 atom stereocenters. The fourth-order valence-corrected chi connectivity index (χ4v) is 4.88. The maximum atomic E-state index is 12.8. The van der Waals surface area contributed by atoms with Crippen LogP contribution in [0, 0.1) is 0 Å². The summed E-state index contributed by atoms with van der Waals surface area (Å²) in [6.45, 7) is 5.23. The van der Waals surface area contributed by atoms with E-state index in [1.165, 1.54) is 0 Å². The van der Waals surface area contributed by atoms with Crippen molar-refractivity contribution in [3.8, 4) is 16.9 Å². The molecule has 0 amide bonds. The fraction of sp³-hybridized carbons (Fsp3) is 0.250. The molecule has 2 aromatic heterocycles. The van der Waals surface area contributed by atoms with Crippen LogP contribution in [0.3, 0.4) is 0 Å². The number of rotatable bonds is 6. The Labute approximate surface area is 235 Å². The lowest BCUT2D eigenvalue weighted by molar-refractivity contribution is 0.0523. The molecular formula is C32H36N3O4P. The van der Waals surface area contributed by atoms with E-state index in [9.17, 15) is 9.36 Å². The van der Waals surface area contributed by atoms with E-state index in [1.54, 1.807) is 58.2 Å². The third kappa shape index (κ3) is 5.81. The smallest absolute Gasteiger partial charge is 0.251 e. The third-order valence-corrected chi connectivity index (χ3v) is 6.70. The molecular weight excluding hydrogens is 521 g/mol. The SMILES string of the molecule is COc1cccc(C(OC)(c2ccc3c(c2)c(-c2ccccc2)cc(=O)n3C)c2cncn2C)c1.CP(C)(C)=O. The monoisotopic (exact) mass is 557 g/mol. The zero-order valence-corrected chi connectivity index (χ0v) is 25.0. The summed E-state index contributed by atoms with van der Waals surface area (Å²) in [6.07, 6.45) is 3.59. The molecule has 5 aromatic rings. The van der Waals surface area contributed by atoms with Crippen molar-refractivity contribution in [3.63, 3.8) is 0 Å². The molecule has 5 rings (SSSR count). The Hall–Kier alpha value is -3.93. The molecule has 0 radical (unpaired) electrons. The minimum Gasteiger partial charge on any atom is -0.497 e. The molecule has 0 saturated carbocycles. The summed E-state index contributed by atoms with van der Waals surface area (Å²) in [5, 5.41) is 0.960. The highest BCUT2D eigenvalue weighted by atomic mass is 31.2. The normalized spacial score (nSPS) is 12.9. The molecule has 0 fully saturated rings. The van der Waals surface area contributed by atoms with E-state index in [0.29, 0.717) is 0 Å². The highest BCUT2D eigenvalue weighted by Crippen LogP contribution is 2.42. The third-order valence-electron chi connectivity index (χ3n) is 6.70. The summed E-state index contributed by atoms with van der Waals surface area (Å²) < 4.78 is 25.8. The lowest BCUT2D eigenvalue weighted by Crippen LogP contribution is -2.33. The molecule has 0 spiro atoms. The molecule has 0 aliphatic heterocycles. The molecule has 1 unspecified atom stereocenters. The Morgan fingerprint density at radius 1 is 0.850 bits per heavy atom. The zero-order chi connectivity index (χ0) is 29.1. The number of aryl methyl sites for hydroxylation is 2. The van der Waals surface area contributed by atoms with Crippen LogP contribution in [0.4, 0.5) is 0 Å². The molecule has 0 bridgehead atoms. The number of methoxy groups -OCH3 is 2. The first-order valence-electron chi connectivity index (χ1n) is 12.9. The van der Waals surface area contributed by atoms with Crippen molar-refractivity contribution in [1.29, 1.82) is 0 Å². The number of fused-ring (bicyclic) bond motifs is 1. The highest BCUT2D eigenvalue weighted by Gasteiger charge is 2.39. The van der Waals surface area contributed by atoms with Crippen LogP contribution in [0.1, 0.15) is 16.8 Å². The van der Waals surface area contributed by atoms with Gasteiger partial charge in [0.2, 0.25) is 0 Å². The molecule has 2 heterocycles. The van der Waals surface area contributed by atoms with E-state index in [1.807, 2.05) is 84.5 Å². The van der Waals surface area contributed by atoms with Crippen molar-refractivity contribution in [2.45, 2.75) is 5.60 Å². The second kappa shape index (κ2) is 11.7. The Kier molecular flexibility index (Phi) is 8.48. The van der Waals surface area contributed by atoms with Gasteiger partial charge >= 0.3 is 0 Å². The second-order valence-electron chi connectivity index (χ2n) is 10.4. The van der Waals surface area contributed by atoms with Crippen molar-refractivity contribution >= 4 is 18.0 Å². The largest absolute Gasteiger partial charge is 0.497 e. The van der Waals surface area contributed by atoms with E-state index >= 15 is 0 Å². The number of pyridine rings is 1. The minimum absolute atomic E-state index is 0.0541. The van der Waals surface area contributed by atoms with Crippen molar-refractivity contribution in [1.82, 2.24) is 14.1 Å². The highest BCUT2D eigenvalue weighted by molar-refractivity contribution is 7.61. The summed E-state index contributed by atoms with van der Waals surface area (Å²) in [4.78, 5) is 17.2. The van der Waals surface area contributed by atoms with Gasteiger partial charge in [0.1, 0.15) is 5.75 Å². The van der Waals surface area contributed by atoms with E-state index in [4.69, 9.17) is 9.47 Å². The number of nitrogens with zero attached hydrogens (tertiary/aromatic N) is 3. The van der Waals surface area contributed by atoms with E-state index in [-0.39, 0.29) is 5.56 Å². The molecule has 0 saturated heterocycles. The first-order valence-corrected chi connectivity index (χ1v) is 15.9. The molecule has 0 aliphatic carbocycles. The Morgan fingerprint density at radius 2 is 1.52 bits per heavy atom. The molecule has 208 valence electrons. The first kappa shape index (κ1) is 29.1. The van der Waals surface area contributed by atoms with Gasteiger partial charge in [-0.1, -0.05) is 48.5 Å². The van der Waals surface area contributed by atoms with Crippen molar-refractivity contribution in [3.05, 3.63) is 119 Å². The second-order valence-corrected chi connectivity index (χ2v) is 14.2. The van der Waals surface area contributed by atoms with Gasteiger partial charge in [0.15, 0.2) is 5.60 Å². The number of imidazole rings is 1. The van der Waals surface area contributed by atoms with Crippen LogP contribution >= 0.6 is 7.14 Å². The molecule has 8 heteroatoms. The van der Waals surface area contributed by atoms with Crippen LogP contribution in [0.2, 0.25) is 0 Å². The summed E-state index contributed by atoms with van der Waals surface area (Å²) in [7, 11) is 5.47. The maximum Gasteiger partial charge on any atom is 0.251 e. The van der Waals surface area contributed by atoms with Gasteiger partial charge in [0.25, 0.3) is 5.56 Å². The van der Waals surface area contributed by atoms with E-state index in [0.717, 1.165) is 44.6 Å². The first-order chi connectivity index (χ1) is 19.0. The number of hydrogen-bond donors (Lipinski definition) is 0.